The van der Waals surface area contributed by atoms with E-state index in [0.29, 0.717) is 0 Å². The molecule has 1 atom stereocenters. The van der Waals surface area contributed by atoms with E-state index in [1.54, 1.807) is 11.3 Å². The van der Waals surface area contributed by atoms with Crippen LogP contribution in [0.15, 0.2) is 54.0 Å². The van der Waals surface area contributed by atoms with Gasteiger partial charge in [-0.2, -0.15) is 0 Å². The largest absolute Gasteiger partial charge is 0.329 e. The summed E-state index contributed by atoms with van der Waals surface area (Å²) in [6, 6.07) is 16.2. The number of benzene rings is 2. The second kappa shape index (κ2) is 6.34. The van der Waals surface area contributed by atoms with Gasteiger partial charge in [0.25, 0.3) is 5.91 Å². The molecule has 4 nitrogen and oxygen atoms in total. The highest BCUT2D eigenvalue weighted by Crippen LogP contribution is 2.28. The Bertz CT molecular complexity index is 861. The number of amides is 1. The van der Waals surface area contributed by atoms with Gasteiger partial charge in [0.1, 0.15) is 0 Å². The lowest BCUT2D eigenvalue weighted by Gasteiger charge is -2.40. The van der Waals surface area contributed by atoms with Gasteiger partial charge in [0.15, 0.2) is 0 Å². The molecule has 1 aliphatic heterocycles. The predicted molar refractivity (Wildman–Crippen MR) is 97.3 cm³/mol. The van der Waals surface area contributed by atoms with Gasteiger partial charge in [-0.15, -0.1) is 11.3 Å². The molecule has 122 valence electrons. The number of nitrogens with zero attached hydrogens (tertiary/aromatic N) is 3. The Balaban J connectivity index is 1.67. The Morgan fingerprint density at radius 2 is 2.00 bits per heavy atom. The Morgan fingerprint density at radius 1 is 1.17 bits per heavy atom. The molecule has 0 saturated carbocycles. The maximum absolute atomic E-state index is 13.1. The van der Waals surface area contributed by atoms with Gasteiger partial charge in [0.05, 0.1) is 21.8 Å². The van der Waals surface area contributed by atoms with Crippen LogP contribution in [-0.4, -0.2) is 47.4 Å². The van der Waals surface area contributed by atoms with Crippen LogP contribution in [0.5, 0.6) is 0 Å². The van der Waals surface area contributed by atoms with E-state index in [4.69, 9.17) is 0 Å². The standard InChI is InChI=1S/C19H19N3OS/c1-21-9-10-22(17(12-21)14-5-3-2-4-6-14)19(23)15-7-8-16-18(11-15)24-13-20-16/h2-8,11,13,17H,9-10,12H2,1H3. The molecule has 1 aromatic heterocycles. The number of hydrogen-bond donors (Lipinski definition) is 0. The number of hydrogen-bond acceptors (Lipinski definition) is 4. The van der Waals surface area contributed by atoms with E-state index in [1.165, 1.54) is 5.56 Å². The summed E-state index contributed by atoms with van der Waals surface area (Å²) in [4.78, 5) is 21.7. The molecule has 0 spiro atoms. The Morgan fingerprint density at radius 3 is 2.83 bits per heavy atom. The van der Waals surface area contributed by atoms with Gasteiger partial charge in [0.2, 0.25) is 0 Å². The van der Waals surface area contributed by atoms with Crippen LogP contribution in [0.2, 0.25) is 0 Å². The molecule has 2 heterocycles. The molecule has 1 fully saturated rings. The molecule has 1 amide bonds. The highest BCUT2D eigenvalue weighted by Gasteiger charge is 2.30. The summed E-state index contributed by atoms with van der Waals surface area (Å²) < 4.78 is 1.06. The second-order valence-electron chi connectivity index (χ2n) is 6.22. The number of piperazine rings is 1. The van der Waals surface area contributed by atoms with Crippen molar-refractivity contribution in [2.75, 3.05) is 26.7 Å². The highest BCUT2D eigenvalue weighted by molar-refractivity contribution is 7.16. The number of likely N-dealkylation sites (N-methyl/N-ethyl adjacent to an activating group) is 1. The Kier molecular flexibility index (Phi) is 4.04. The fourth-order valence-corrected chi connectivity index (χ4v) is 3.99. The first-order chi connectivity index (χ1) is 11.7. The Labute approximate surface area is 145 Å². The van der Waals surface area contributed by atoms with Crippen molar-refractivity contribution in [1.29, 1.82) is 0 Å². The van der Waals surface area contributed by atoms with Gasteiger partial charge in [-0.1, -0.05) is 30.3 Å². The summed E-state index contributed by atoms with van der Waals surface area (Å²) in [5.74, 6) is 0.104. The lowest BCUT2D eigenvalue weighted by Crippen LogP contribution is -2.49. The van der Waals surface area contributed by atoms with Gasteiger partial charge < -0.3 is 9.80 Å². The van der Waals surface area contributed by atoms with Crippen molar-refractivity contribution in [2.24, 2.45) is 0 Å². The van der Waals surface area contributed by atoms with E-state index >= 15 is 0 Å². The van der Waals surface area contributed by atoms with E-state index in [-0.39, 0.29) is 11.9 Å². The molecule has 5 heteroatoms. The molecule has 0 bridgehead atoms. The van der Waals surface area contributed by atoms with E-state index in [1.807, 2.05) is 46.8 Å². The van der Waals surface area contributed by atoms with Crippen molar-refractivity contribution in [2.45, 2.75) is 6.04 Å². The summed E-state index contributed by atoms with van der Waals surface area (Å²) >= 11 is 1.57. The van der Waals surface area contributed by atoms with Gasteiger partial charge in [-0.05, 0) is 30.8 Å². The van der Waals surface area contributed by atoms with Crippen molar-refractivity contribution < 1.29 is 4.79 Å². The van der Waals surface area contributed by atoms with Crippen LogP contribution in [0.1, 0.15) is 22.0 Å². The van der Waals surface area contributed by atoms with Crippen LogP contribution < -0.4 is 0 Å². The predicted octanol–water partition coefficient (Wildman–Crippen LogP) is 3.43. The van der Waals surface area contributed by atoms with Crippen LogP contribution >= 0.6 is 11.3 Å². The number of thiazole rings is 1. The summed E-state index contributed by atoms with van der Waals surface area (Å²) in [7, 11) is 2.11. The molecule has 4 rings (SSSR count). The first-order valence-electron chi connectivity index (χ1n) is 8.10. The minimum atomic E-state index is 0.0922. The molecule has 1 saturated heterocycles. The third-order valence-electron chi connectivity index (χ3n) is 4.61. The molecule has 3 aromatic rings. The van der Waals surface area contributed by atoms with Gasteiger partial charge in [0, 0.05) is 25.2 Å². The average Bonchev–Trinajstić information content (AvgIpc) is 3.09. The van der Waals surface area contributed by atoms with Gasteiger partial charge in [-0.25, -0.2) is 4.98 Å². The summed E-state index contributed by atoms with van der Waals surface area (Å²) in [6.07, 6.45) is 0. The quantitative estimate of drug-likeness (QED) is 0.719. The fourth-order valence-electron chi connectivity index (χ4n) is 3.28. The van der Waals surface area contributed by atoms with E-state index in [9.17, 15) is 4.79 Å². The molecule has 0 aliphatic carbocycles. The van der Waals surface area contributed by atoms with Crippen molar-refractivity contribution in [3.05, 3.63) is 65.2 Å². The molecular weight excluding hydrogens is 318 g/mol. The fraction of sp³-hybridized carbons (Fsp3) is 0.263. The molecular formula is C19H19N3OS. The maximum Gasteiger partial charge on any atom is 0.254 e. The first-order valence-corrected chi connectivity index (χ1v) is 8.98. The van der Waals surface area contributed by atoms with E-state index in [0.717, 1.165) is 35.4 Å². The number of rotatable bonds is 2. The molecule has 1 aliphatic rings. The first kappa shape index (κ1) is 15.3. The number of carbonyl (C=O) groups is 1. The van der Waals surface area contributed by atoms with Crippen molar-refractivity contribution in [3.8, 4) is 0 Å². The van der Waals surface area contributed by atoms with Crippen LogP contribution in [0.3, 0.4) is 0 Å². The smallest absolute Gasteiger partial charge is 0.254 e. The van der Waals surface area contributed by atoms with Crippen LogP contribution in [-0.2, 0) is 0 Å². The van der Waals surface area contributed by atoms with Gasteiger partial charge >= 0.3 is 0 Å². The normalized spacial score (nSPS) is 18.9. The summed E-state index contributed by atoms with van der Waals surface area (Å²) in [5.41, 5.74) is 4.71. The van der Waals surface area contributed by atoms with Gasteiger partial charge in [-0.3, -0.25) is 4.79 Å². The topological polar surface area (TPSA) is 36.4 Å². The number of fused-ring (bicyclic) bond motifs is 1. The van der Waals surface area contributed by atoms with Crippen LogP contribution in [0, 0.1) is 0 Å². The SMILES string of the molecule is CN1CCN(C(=O)c2ccc3ncsc3c2)C(c2ccccc2)C1. The number of aromatic nitrogens is 1. The minimum Gasteiger partial charge on any atom is -0.329 e. The summed E-state index contributed by atoms with van der Waals surface area (Å²) in [5, 5.41) is 0. The third kappa shape index (κ3) is 2.81. The third-order valence-corrected chi connectivity index (χ3v) is 5.40. The molecule has 2 aromatic carbocycles. The van der Waals surface area contributed by atoms with E-state index in [2.05, 4.69) is 29.1 Å². The van der Waals surface area contributed by atoms with Crippen molar-refractivity contribution in [1.82, 2.24) is 14.8 Å². The lowest BCUT2D eigenvalue weighted by atomic mass is 10.0. The zero-order valence-electron chi connectivity index (χ0n) is 13.6. The van der Waals surface area contributed by atoms with Crippen molar-refractivity contribution >= 4 is 27.5 Å². The molecule has 0 radical (unpaired) electrons. The molecule has 1 unspecified atom stereocenters. The zero-order chi connectivity index (χ0) is 16.5. The maximum atomic E-state index is 13.1. The monoisotopic (exact) mass is 337 g/mol. The van der Waals surface area contributed by atoms with Crippen LogP contribution in [0.25, 0.3) is 10.2 Å². The second-order valence-corrected chi connectivity index (χ2v) is 7.11. The number of carbonyl (C=O) groups excluding carboxylic acids is 1. The molecule has 0 N–H and O–H groups in total. The average molecular weight is 337 g/mol. The highest BCUT2D eigenvalue weighted by atomic mass is 32.1. The lowest BCUT2D eigenvalue weighted by molar-refractivity contribution is 0.0498. The molecule has 24 heavy (non-hydrogen) atoms. The van der Waals surface area contributed by atoms with E-state index < -0.39 is 0 Å². The van der Waals surface area contributed by atoms with Crippen molar-refractivity contribution in [3.63, 3.8) is 0 Å². The summed E-state index contributed by atoms with van der Waals surface area (Å²) in [6.45, 7) is 2.51. The zero-order valence-corrected chi connectivity index (χ0v) is 14.4. The van der Waals surface area contributed by atoms with Crippen LogP contribution in [0.4, 0.5) is 0 Å². The minimum absolute atomic E-state index is 0.0922. The Hall–Kier alpha value is -2.24.